The van der Waals surface area contributed by atoms with Crippen LogP contribution < -0.4 is 5.32 Å². The van der Waals surface area contributed by atoms with Gasteiger partial charge in [-0.1, -0.05) is 17.3 Å². The van der Waals surface area contributed by atoms with Crippen molar-refractivity contribution in [3.8, 4) is 0 Å². The molecule has 2 aromatic rings. The highest BCUT2D eigenvalue weighted by Crippen LogP contribution is 2.18. The van der Waals surface area contributed by atoms with E-state index in [1.807, 2.05) is 24.3 Å². The molecule has 0 aliphatic rings. The summed E-state index contributed by atoms with van der Waals surface area (Å²) in [5.74, 6) is -0.601. The molecule has 0 amide bonds. The lowest BCUT2D eigenvalue weighted by Crippen LogP contribution is -2.00. The first kappa shape index (κ1) is 11.9. The molecule has 0 aliphatic heterocycles. The Balaban J connectivity index is 2.02. The topological polar surface area (TPSA) is 75.4 Å². The molecule has 2 rings (SSSR count). The number of halogens is 1. The maximum atomic E-state index is 10.6. The van der Waals surface area contributed by atoms with E-state index in [0.29, 0.717) is 12.3 Å². The number of hydrogen-bond acceptors (Lipinski definition) is 4. The van der Waals surface area contributed by atoms with Crippen LogP contribution in [0.25, 0.3) is 0 Å². The molecule has 0 spiro atoms. The van der Waals surface area contributed by atoms with Crippen LogP contribution in [0.2, 0.25) is 0 Å². The molecule has 1 heterocycles. The molecule has 0 fully saturated rings. The molecule has 0 atom stereocenters. The van der Waals surface area contributed by atoms with E-state index < -0.39 is 5.97 Å². The molecule has 88 valence electrons. The van der Waals surface area contributed by atoms with Crippen molar-refractivity contribution >= 4 is 34.2 Å². The van der Waals surface area contributed by atoms with Crippen LogP contribution in [0.1, 0.15) is 16.2 Å². The van der Waals surface area contributed by atoms with Crippen molar-refractivity contribution < 1.29 is 14.4 Å². The van der Waals surface area contributed by atoms with E-state index >= 15 is 0 Å². The van der Waals surface area contributed by atoms with Crippen LogP contribution in [0.15, 0.2) is 34.9 Å². The molecule has 2 N–H and O–H groups in total. The van der Waals surface area contributed by atoms with E-state index in [2.05, 4.69) is 33.1 Å². The monoisotopic (exact) mass is 344 g/mol. The zero-order chi connectivity index (χ0) is 12.3. The minimum absolute atomic E-state index is 0.0791. The average molecular weight is 344 g/mol. The van der Waals surface area contributed by atoms with Crippen LogP contribution in [-0.4, -0.2) is 16.2 Å². The fourth-order valence-corrected chi connectivity index (χ4v) is 1.86. The number of carboxylic acid groups (broad SMARTS) is 1. The van der Waals surface area contributed by atoms with Gasteiger partial charge in [0.15, 0.2) is 11.5 Å². The standard InChI is InChI=1S/C11H9IN2O3/c12-8-3-1-2-4-9(8)13-6-7-5-10(11(15)16)14-17-7/h1-5,13H,6H2,(H,15,16). The fourth-order valence-electron chi connectivity index (χ4n) is 1.28. The molecule has 0 radical (unpaired) electrons. The Morgan fingerprint density at radius 1 is 1.47 bits per heavy atom. The van der Waals surface area contributed by atoms with Gasteiger partial charge < -0.3 is 14.9 Å². The number of para-hydroxylation sites is 1. The van der Waals surface area contributed by atoms with Gasteiger partial charge in [0.25, 0.3) is 0 Å². The number of anilines is 1. The summed E-state index contributed by atoms with van der Waals surface area (Å²) in [5.41, 5.74) is 0.894. The first-order valence-corrected chi connectivity index (χ1v) is 5.92. The van der Waals surface area contributed by atoms with Crippen LogP contribution >= 0.6 is 22.6 Å². The van der Waals surface area contributed by atoms with Gasteiger partial charge in [0, 0.05) is 15.3 Å². The van der Waals surface area contributed by atoms with E-state index in [1.54, 1.807) is 0 Å². The van der Waals surface area contributed by atoms with Crippen molar-refractivity contribution in [2.45, 2.75) is 6.54 Å². The molecule has 0 aliphatic carbocycles. The van der Waals surface area contributed by atoms with Crippen molar-refractivity contribution in [3.63, 3.8) is 0 Å². The van der Waals surface area contributed by atoms with E-state index in [0.717, 1.165) is 9.26 Å². The number of nitrogens with one attached hydrogen (secondary N) is 1. The summed E-state index contributed by atoms with van der Waals surface area (Å²) in [7, 11) is 0. The van der Waals surface area contributed by atoms with Gasteiger partial charge in [-0.25, -0.2) is 4.79 Å². The Morgan fingerprint density at radius 3 is 2.88 bits per heavy atom. The average Bonchev–Trinajstić information content (AvgIpc) is 2.77. The van der Waals surface area contributed by atoms with Gasteiger partial charge in [-0.3, -0.25) is 0 Å². The lowest BCUT2D eigenvalue weighted by molar-refractivity contribution is 0.0685. The van der Waals surface area contributed by atoms with Gasteiger partial charge in [-0.05, 0) is 34.7 Å². The van der Waals surface area contributed by atoms with Crippen molar-refractivity contribution in [1.82, 2.24) is 5.16 Å². The van der Waals surface area contributed by atoms with Gasteiger partial charge in [0.1, 0.15) is 0 Å². The van der Waals surface area contributed by atoms with Crippen LogP contribution in [0.3, 0.4) is 0 Å². The SMILES string of the molecule is O=C(O)c1cc(CNc2ccccc2I)on1. The Morgan fingerprint density at radius 2 is 2.24 bits per heavy atom. The van der Waals surface area contributed by atoms with E-state index in [-0.39, 0.29) is 5.69 Å². The zero-order valence-electron chi connectivity index (χ0n) is 8.68. The lowest BCUT2D eigenvalue weighted by Gasteiger charge is -2.05. The number of hydrogen-bond donors (Lipinski definition) is 2. The number of benzene rings is 1. The Bertz CT molecular complexity index is 539. The molecule has 6 heteroatoms. The number of aromatic nitrogens is 1. The molecule has 0 unspecified atom stereocenters. The minimum Gasteiger partial charge on any atom is -0.476 e. The van der Waals surface area contributed by atoms with Crippen molar-refractivity contribution in [3.05, 3.63) is 45.4 Å². The number of aromatic carboxylic acids is 1. The van der Waals surface area contributed by atoms with Crippen molar-refractivity contribution in [2.75, 3.05) is 5.32 Å². The summed E-state index contributed by atoms with van der Waals surface area (Å²) >= 11 is 2.22. The van der Waals surface area contributed by atoms with E-state index in [1.165, 1.54) is 6.07 Å². The second kappa shape index (κ2) is 5.17. The molecule has 1 aromatic carbocycles. The smallest absolute Gasteiger partial charge is 0.358 e. The summed E-state index contributed by atoms with van der Waals surface area (Å²) in [6, 6.07) is 9.20. The highest BCUT2D eigenvalue weighted by Gasteiger charge is 2.10. The molecular formula is C11H9IN2O3. The summed E-state index contributed by atoms with van der Waals surface area (Å²) in [4.78, 5) is 10.6. The normalized spacial score (nSPS) is 10.2. The molecule has 0 saturated carbocycles. The summed E-state index contributed by atoms with van der Waals surface area (Å²) in [6.45, 7) is 0.403. The fraction of sp³-hybridized carbons (Fsp3) is 0.0909. The van der Waals surface area contributed by atoms with Crippen molar-refractivity contribution in [2.24, 2.45) is 0 Å². The predicted octanol–water partition coefficient (Wildman–Crippen LogP) is 2.59. The van der Waals surface area contributed by atoms with E-state index in [4.69, 9.17) is 9.63 Å². The number of carboxylic acids is 1. The lowest BCUT2D eigenvalue weighted by atomic mass is 10.3. The Labute approximate surface area is 111 Å². The van der Waals surface area contributed by atoms with Gasteiger partial charge >= 0.3 is 5.97 Å². The second-order valence-electron chi connectivity index (χ2n) is 3.32. The maximum Gasteiger partial charge on any atom is 0.358 e. The second-order valence-corrected chi connectivity index (χ2v) is 4.48. The quantitative estimate of drug-likeness (QED) is 0.834. The van der Waals surface area contributed by atoms with Crippen LogP contribution in [0.5, 0.6) is 0 Å². The van der Waals surface area contributed by atoms with Gasteiger partial charge in [0.2, 0.25) is 0 Å². The third-order valence-electron chi connectivity index (χ3n) is 2.10. The number of rotatable bonds is 4. The molecule has 1 aromatic heterocycles. The van der Waals surface area contributed by atoms with Crippen LogP contribution in [-0.2, 0) is 6.54 Å². The predicted molar refractivity (Wildman–Crippen MR) is 69.9 cm³/mol. The third-order valence-corrected chi connectivity index (χ3v) is 3.05. The molecular weight excluding hydrogens is 335 g/mol. The highest BCUT2D eigenvalue weighted by molar-refractivity contribution is 14.1. The minimum atomic E-state index is -1.09. The summed E-state index contributed by atoms with van der Waals surface area (Å²) in [5, 5.41) is 15.3. The Hall–Kier alpha value is -1.57. The van der Waals surface area contributed by atoms with E-state index in [9.17, 15) is 4.79 Å². The van der Waals surface area contributed by atoms with Crippen LogP contribution in [0, 0.1) is 3.57 Å². The first-order valence-electron chi connectivity index (χ1n) is 4.84. The van der Waals surface area contributed by atoms with Crippen molar-refractivity contribution in [1.29, 1.82) is 0 Å². The first-order chi connectivity index (χ1) is 8.16. The molecule has 5 nitrogen and oxygen atoms in total. The number of carbonyl (C=O) groups is 1. The van der Waals surface area contributed by atoms with Gasteiger partial charge in [-0.2, -0.15) is 0 Å². The maximum absolute atomic E-state index is 10.6. The Kier molecular flexibility index (Phi) is 3.62. The number of nitrogens with zero attached hydrogens (tertiary/aromatic N) is 1. The highest BCUT2D eigenvalue weighted by atomic mass is 127. The third kappa shape index (κ3) is 2.96. The van der Waals surface area contributed by atoms with Gasteiger partial charge in [-0.15, -0.1) is 0 Å². The molecule has 17 heavy (non-hydrogen) atoms. The van der Waals surface area contributed by atoms with Crippen LogP contribution in [0.4, 0.5) is 5.69 Å². The molecule has 0 bridgehead atoms. The van der Waals surface area contributed by atoms with Gasteiger partial charge in [0.05, 0.1) is 6.54 Å². The summed E-state index contributed by atoms with van der Waals surface area (Å²) < 4.78 is 5.98. The molecule has 0 saturated heterocycles. The summed E-state index contributed by atoms with van der Waals surface area (Å²) in [6.07, 6.45) is 0. The zero-order valence-corrected chi connectivity index (χ0v) is 10.8. The largest absolute Gasteiger partial charge is 0.476 e.